The fraction of sp³-hybridized carbons (Fsp3) is 0.412. The number of carbonyl (C=O) groups is 1. The maximum Gasteiger partial charge on any atom is 0.419 e. The van der Waals surface area contributed by atoms with E-state index in [4.69, 9.17) is 4.74 Å². The first-order valence-electron chi connectivity index (χ1n) is 7.30. The maximum absolute atomic E-state index is 12.9. The third-order valence-corrected chi connectivity index (χ3v) is 2.99. The number of carbonyl (C=O) groups excluding carboxylic acids is 1. The summed E-state index contributed by atoms with van der Waals surface area (Å²) in [5.74, 6) is -0.679. The highest BCUT2D eigenvalue weighted by atomic mass is 19.4. The Bertz CT molecular complexity index is 637. The Kier molecular flexibility index (Phi) is 7.30. The van der Waals surface area contributed by atoms with Gasteiger partial charge in [-0.05, 0) is 37.5 Å². The molecule has 25 heavy (non-hydrogen) atoms. The fourth-order valence-corrected chi connectivity index (χ4v) is 1.95. The Balaban J connectivity index is 2.66. The molecule has 0 N–H and O–H groups in total. The van der Waals surface area contributed by atoms with Gasteiger partial charge in [-0.2, -0.15) is 26.3 Å². The average Bonchev–Trinajstić information content (AvgIpc) is 2.48. The van der Waals surface area contributed by atoms with Crippen molar-refractivity contribution >= 4 is 5.97 Å². The lowest BCUT2D eigenvalue weighted by Gasteiger charge is -2.11. The van der Waals surface area contributed by atoms with Gasteiger partial charge in [-0.25, -0.2) is 4.79 Å². The molecule has 0 bridgehead atoms. The van der Waals surface area contributed by atoms with Crippen LogP contribution in [0.2, 0.25) is 0 Å². The van der Waals surface area contributed by atoms with Crippen LogP contribution >= 0.6 is 0 Å². The first-order valence-corrected chi connectivity index (χ1v) is 7.30. The normalized spacial score (nSPS) is 11.6. The van der Waals surface area contributed by atoms with Gasteiger partial charge in [-0.1, -0.05) is 18.2 Å². The summed E-state index contributed by atoms with van der Waals surface area (Å²) in [4.78, 5) is 11.6. The molecule has 138 valence electrons. The molecule has 1 aromatic carbocycles. The topological polar surface area (TPSA) is 26.3 Å². The molecule has 0 amide bonds. The van der Waals surface area contributed by atoms with Gasteiger partial charge in [0.1, 0.15) is 0 Å². The second kappa shape index (κ2) is 8.76. The van der Waals surface area contributed by atoms with Crippen molar-refractivity contribution in [2.45, 2.75) is 38.5 Å². The minimum atomic E-state index is -4.80. The summed E-state index contributed by atoms with van der Waals surface area (Å²) in [5, 5.41) is 0. The minimum Gasteiger partial charge on any atom is -0.462 e. The van der Waals surface area contributed by atoms with Gasteiger partial charge in [0, 0.05) is 0 Å². The van der Waals surface area contributed by atoms with Gasteiger partial charge < -0.3 is 4.74 Å². The lowest BCUT2D eigenvalue weighted by atomic mass is 10.1. The summed E-state index contributed by atoms with van der Waals surface area (Å²) >= 11 is 0. The van der Waals surface area contributed by atoms with Crippen molar-refractivity contribution in [3.63, 3.8) is 0 Å². The van der Waals surface area contributed by atoms with Gasteiger partial charge in [0.15, 0.2) is 0 Å². The molecular weight excluding hydrogens is 350 g/mol. The summed E-state index contributed by atoms with van der Waals surface area (Å²) in [6.45, 7) is 0.655. The van der Waals surface area contributed by atoms with E-state index < -0.39 is 42.3 Å². The zero-order valence-electron chi connectivity index (χ0n) is 13.3. The summed E-state index contributed by atoms with van der Waals surface area (Å²) in [5.41, 5.74) is 0.282. The molecule has 0 radical (unpaired) electrons. The minimum absolute atomic E-state index is 0.181. The number of hydrogen-bond acceptors (Lipinski definition) is 2. The van der Waals surface area contributed by atoms with Gasteiger partial charge in [0.05, 0.1) is 24.2 Å². The number of benzene rings is 1. The molecule has 1 aromatic rings. The van der Waals surface area contributed by atoms with E-state index in [2.05, 4.69) is 0 Å². The second-order valence-electron chi connectivity index (χ2n) is 5.28. The highest BCUT2D eigenvalue weighted by molar-refractivity contribution is 5.89. The molecule has 8 heteroatoms. The van der Waals surface area contributed by atoms with E-state index in [-0.39, 0.29) is 18.6 Å². The SMILES string of the molecule is CC(=C=C(CCCOC(=O)c1ccccc1)C(F)(F)F)CC(F)(F)F. The van der Waals surface area contributed by atoms with Gasteiger partial charge in [-0.3, -0.25) is 0 Å². The van der Waals surface area contributed by atoms with E-state index in [9.17, 15) is 31.1 Å². The van der Waals surface area contributed by atoms with Crippen LogP contribution in [0, 0.1) is 0 Å². The van der Waals surface area contributed by atoms with Crippen LogP contribution in [0.25, 0.3) is 0 Å². The largest absolute Gasteiger partial charge is 0.462 e. The summed E-state index contributed by atoms with van der Waals surface area (Å²) in [6.07, 6.45) is -11.6. The lowest BCUT2D eigenvalue weighted by Crippen LogP contribution is -2.13. The molecule has 0 saturated carbocycles. The van der Waals surface area contributed by atoms with Crippen LogP contribution in [0.3, 0.4) is 0 Å². The molecule has 0 spiro atoms. The number of rotatable bonds is 6. The highest BCUT2D eigenvalue weighted by Gasteiger charge is 2.34. The fourth-order valence-electron chi connectivity index (χ4n) is 1.95. The Morgan fingerprint density at radius 2 is 1.68 bits per heavy atom. The van der Waals surface area contributed by atoms with Gasteiger partial charge in [0.25, 0.3) is 0 Å². The first kappa shape index (κ1) is 20.8. The molecular formula is C17H16F6O2. The van der Waals surface area contributed by atoms with Crippen LogP contribution in [0.5, 0.6) is 0 Å². The van der Waals surface area contributed by atoms with Crippen molar-refractivity contribution in [1.29, 1.82) is 0 Å². The average molecular weight is 366 g/mol. The monoisotopic (exact) mass is 366 g/mol. The molecule has 0 fully saturated rings. The van der Waals surface area contributed by atoms with Crippen molar-refractivity contribution in [2.24, 2.45) is 0 Å². The smallest absolute Gasteiger partial charge is 0.419 e. The number of allylic oxidation sites excluding steroid dienone is 1. The zero-order chi connectivity index (χ0) is 19.1. The van der Waals surface area contributed by atoms with E-state index in [1.165, 1.54) is 12.1 Å². The van der Waals surface area contributed by atoms with Crippen LogP contribution in [0.1, 0.15) is 36.5 Å². The standard InChI is InChI=1S/C17H16F6O2/c1-12(11-16(18,19)20)10-14(17(21,22)23)8-5-9-25-15(24)13-6-3-2-4-7-13/h2-4,6-7H,5,8-9,11H2,1H3. The van der Waals surface area contributed by atoms with Crippen molar-refractivity contribution in [2.75, 3.05) is 6.61 Å². The summed E-state index contributed by atoms with van der Waals surface area (Å²) in [6, 6.07) is 7.89. The van der Waals surface area contributed by atoms with Crippen LogP contribution in [0.4, 0.5) is 26.3 Å². The summed E-state index contributed by atoms with van der Waals surface area (Å²) in [7, 11) is 0. The molecule has 0 unspecified atom stereocenters. The molecule has 0 aromatic heterocycles. The molecule has 0 atom stereocenters. The molecule has 0 aliphatic heterocycles. The number of esters is 1. The molecule has 0 saturated heterocycles. The molecule has 0 aliphatic carbocycles. The highest BCUT2D eigenvalue weighted by Crippen LogP contribution is 2.30. The summed E-state index contributed by atoms with van der Waals surface area (Å²) < 4.78 is 80.0. The molecule has 1 rings (SSSR count). The van der Waals surface area contributed by atoms with Crippen molar-refractivity contribution in [3.05, 3.63) is 52.8 Å². The Hall–Kier alpha value is -2.21. The van der Waals surface area contributed by atoms with Gasteiger partial charge in [0.2, 0.25) is 0 Å². The maximum atomic E-state index is 12.9. The predicted octanol–water partition coefficient (Wildman–Crippen LogP) is 5.61. The quantitative estimate of drug-likeness (QED) is 0.283. The van der Waals surface area contributed by atoms with Gasteiger partial charge >= 0.3 is 18.3 Å². The van der Waals surface area contributed by atoms with Crippen LogP contribution < -0.4 is 0 Å². The number of halogens is 6. The van der Waals surface area contributed by atoms with Crippen molar-refractivity contribution < 1.29 is 35.9 Å². The van der Waals surface area contributed by atoms with E-state index in [1.54, 1.807) is 23.9 Å². The Morgan fingerprint density at radius 3 is 2.20 bits per heavy atom. The van der Waals surface area contributed by atoms with E-state index >= 15 is 0 Å². The molecule has 0 aliphatic rings. The van der Waals surface area contributed by atoms with E-state index in [1.807, 2.05) is 0 Å². The predicted molar refractivity (Wildman–Crippen MR) is 78.9 cm³/mol. The molecule has 2 nitrogen and oxygen atoms in total. The second-order valence-corrected chi connectivity index (χ2v) is 5.28. The van der Waals surface area contributed by atoms with Gasteiger partial charge in [-0.15, -0.1) is 5.73 Å². The third kappa shape index (κ3) is 8.44. The van der Waals surface area contributed by atoms with E-state index in [0.29, 0.717) is 0 Å². The van der Waals surface area contributed by atoms with Crippen molar-refractivity contribution in [1.82, 2.24) is 0 Å². The molecule has 0 heterocycles. The third-order valence-electron chi connectivity index (χ3n) is 2.99. The van der Waals surface area contributed by atoms with E-state index in [0.717, 1.165) is 6.92 Å². The Morgan fingerprint density at radius 1 is 1.08 bits per heavy atom. The lowest BCUT2D eigenvalue weighted by molar-refractivity contribution is -0.127. The first-order chi connectivity index (χ1) is 11.5. The van der Waals surface area contributed by atoms with Crippen LogP contribution in [-0.4, -0.2) is 24.9 Å². The van der Waals surface area contributed by atoms with Crippen LogP contribution in [0.15, 0.2) is 47.2 Å². The Labute approximate surface area is 140 Å². The number of alkyl halides is 6. The number of hydrogen-bond donors (Lipinski definition) is 0. The van der Waals surface area contributed by atoms with Crippen molar-refractivity contribution in [3.8, 4) is 0 Å². The number of ether oxygens (including phenoxy) is 1. The zero-order valence-corrected chi connectivity index (χ0v) is 13.3. The van der Waals surface area contributed by atoms with Crippen LogP contribution in [-0.2, 0) is 4.74 Å².